The van der Waals surface area contributed by atoms with Gasteiger partial charge in [-0.15, -0.1) is 0 Å². The molecule has 5 nitrogen and oxygen atoms in total. The summed E-state index contributed by atoms with van der Waals surface area (Å²) in [7, 11) is 0. The van der Waals surface area contributed by atoms with Crippen LogP contribution in [0.5, 0.6) is 5.75 Å². The SMILES string of the molecule is NC(=O)Cc1ccc(OCCNCC(O)c2cccc(Cl)c2)cc1. The van der Waals surface area contributed by atoms with Crippen molar-refractivity contribution >= 4 is 17.5 Å². The maximum absolute atomic E-state index is 10.8. The van der Waals surface area contributed by atoms with Gasteiger partial charge in [0.1, 0.15) is 12.4 Å². The molecule has 2 aromatic carbocycles. The van der Waals surface area contributed by atoms with Gasteiger partial charge in [-0.05, 0) is 35.4 Å². The normalized spacial score (nSPS) is 11.9. The maximum atomic E-state index is 10.8. The molecule has 0 fully saturated rings. The Morgan fingerprint density at radius 3 is 2.67 bits per heavy atom. The average molecular weight is 349 g/mol. The zero-order valence-electron chi connectivity index (χ0n) is 13.2. The van der Waals surface area contributed by atoms with Gasteiger partial charge < -0.3 is 20.9 Å². The lowest BCUT2D eigenvalue weighted by molar-refractivity contribution is -0.117. The van der Waals surface area contributed by atoms with Gasteiger partial charge in [0.25, 0.3) is 0 Å². The van der Waals surface area contributed by atoms with Gasteiger partial charge in [0.05, 0.1) is 12.5 Å². The summed E-state index contributed by atoms with van der Waals surface area (Å²) in [5.74, 6) is 0.367. The highest BCUT2D eigenvalue weighted by molar-refractivity contribution is 6.30. The highest BCUT2D eigenvalue weighted by atomic mass is 35.5. The van der Waals surface area contributed by atoms with Gasteiger partial charge in [0.15, 0.2) is 0 Å². The number of amides is 1. The zero-order chi connectivity index (χ0) is 17.4. The Hall–Kier alpha value is -2.08. The first-order chi connectivity index (χ1) is 11.5. The predicted octanol–water partition coefficient (Wildman–Crippen LogP) is 2.07. The second kappa shape index (κ2) is 9.27. The Morgan fingerprint density at radius 2 is 2.00 bits per heavy atom. The standard InChI is InChI=1S/C18H21ClN2O3/c19-15-3-1-2-14(11-15)17(22)12-21-8-9-24-16-6-4-13(5-7-16)10-18(20)23/h1-7,11,17,21-22H,8-10,12H2,(H2,20,23). The molecule has 2 aromatic rings. The molecule has 4 N–H and O–H groups in total. The van der Waals surface area contributed by atoms with E-state index in [-0.39, 0.29) is 12.3 Å². The van der Waals surface area contributed by atoms with Crippen LogP contribution in [0.3, 0.4) is 0 Å². The summed E-state index contributed by atoms with van der Waals surface area (Å²) in [5, 5.41) is 13.8. The third-order valence-electron chi connectivity index (χ3n) is 3.42. The van der Waals surface area contributed by atoms with Crippen LogP contribution < -0.4 is 15.8 Å². The molecule has 0 aliphatic rings. The molecule has 0 bridgehead atoms. The van der Waals surface area contributed by atoms with E-state index in [0.717, 1.165) is 16.9 Å². The number of benzene rings is 2. The summed E-state index contributed by atoms with van der Waals surface area (Å²) in [4.78, 5) is 10.8. The number of nitrogens with two attached hydrogens (primary N) is 1. The van der Waals surface area contributed by atoms with Gasteiger partial charge in [-0.3, -0.25) is 4.79 Å². The summed E-state index contributed by atoms with van der Waals surface area (Å²) in [6.07, 6.45) is -0.389. The summed E-state index contributed by atoms with van der Waals surface area (Å²) in [6, 6.07) is 14.4. The fourth-order valence-corrected chi connectivity index (χ4v) is 2.41. The smallest absolute Gasteiger partial charge is 0.221 e. The molecule has 0 heterocycles. The van der Waals surface area contributed by atoms with Crippen LogP contribution in [-0.4, -0.2) is 30.7 Å². The number of rotatable bonds is 9. The van der Waals surface area contributed by atoms with Gasteiger partial charge in [0.2, 0.25) is 5.91 Å². The number of hydrogen-bond acceptors (Lipinski definition) is 4. The minimum Gasteiger partial charge on any atom is -0.492 e. The van der Waals surface area contributed by atoms with E-state index in [2.05, 4.69) is 5.32 Å². The second-order valence-electron chi connectivity index (χ2n) is 5.41. The van der Waals surface area contributed by atoms with Gasteiger partial charge in [-0.25, -0.2) is 0 Å². The van der Waals surface area contributed by atoms with Crippen molar-refractivity contribution in [2.75, 3.05) is 19.7 Å². The first kappa shape index (κ1) is 18.3. The molecule has 0 aliphatic carbocycles. The van der Waals surface area contributed by atoms with Crippen LogP contribution in [0.15, 0.2) is 48.5 Å². The molecule has 0 radical (unpaired) electrons. The molecule has 24 heavy (non-hydrogen) atoms. The predicted molar refractivity (Wildman–Crippen MR) is 94.1 cm³/mol. The van der Waals surface area contributed by atoms with Crippen LogP contribution in [0.2, 0.25) is 5.02 Å². The van der Waals surface area contributed by atoms with Crippen molar-refractivity contribution < 1.29 is 14.6 Å². The summed E-state index contributed by atoms with van der Waals surface area (Å²) >= 11 is 5.90. The van der Waals surface area contributed by atoms with Crippen molar-refractivity contribution in [2.24, 2.45) is 5.73 Å². The molecular formula is C18H21ClN2O3. The molecule has 1 amide bonds. The summed E-state index contributed by atoms with van der Waals surface area (Å²) in [6.45, 7) is 1.49. The van der Waals surface area contributed by atoms with Crippen molar-refractivity contribution in [3.63, 3.8) is 0 Å². The molecule has 2 rings (SSSR count). The number of halogens is 1. The van der Waals surface area contributed by atoms with Crippen LogP contribution >= 0.6 is 11.6 Å². The van der Waals surface area contributed by atoms with Crippen molar-refractivity contribution in [1.82, 2.24) is 5.32 Å². The molecule has 0 aliphatic heterocycles. The lowest BCUT2D eigenvalue weighted by atomic mass is 10.1. The lowest BCUT2D eigenvalue weighted by Gasteiger charge is -2.13. The summed E-state index contributed by atoms with van der Waals surface area (Å²) in [5.41, 5.74) is 6.78. The van der Waals surface area contributed by atoms with E-state index >= 15 is 0 Å². The van der Waals surface area contributed by atoms with E-state index in [1.807, 2.05) is 24.3 Å². The van der Waals surface area contributed by atoms with Gasteiger partial charge in [-0.2, -0.15) is 0 Å². The Kier molecular flexibility index (Phi) is 7.06. The number of hydrogen-bond donors (Lipinski definition) is 3. The Bertz CT molecular complexity index is 662. The molecule has 0 saturated carbocycles. The number of carbonyl (C=O) groups excluding carboxylic acids is 1. The number of aliphatic hydroxyl groups excluding tert-OH is 1. The fourth-order valence-electron chi connectivity index (χ4n) is 2.22. The summed E-state index contributed by atoms with van der Waals surface area (Å²) < 4.78 is 5.59. The van der Waals surface area contributed by atoms with Gasteiger partial charge >= 0.3 is 0 Å². The number of primary amides is 1. The third-order valence-corrected chi connectivity index (χ3v) is 3.66. The molecule has 0 aromatic heterocycles. The van der Waals surface area contributed by atoms with Crippen molar-refractivity contribution in [3.05, 3.63) is 64.7 Å². The molecule has 128 valence electrons. The monoisotopic (exact) mass is 348 g/mol. The second-order valence-corrected chi connectivity index (χ2v) is 5.85. The van der Waals surface area contributed by atoms with Crippen molar-refractivity contribution in [2.45, 2.75) is 12.5 Å². The fraction of sp³-hybridized carbons (Fsp3) is 0.278. The molecule has 6 heteroatoms. The highest BCUT2D eigenvalue weighted by Crippen LogP contribution is 2.17. The van der Waals surface area contributed by atoms with E-state index in [1.165, 1.54) is 0 Å². The van der Waals surface area contributed by atoms with Crippen molar-refractivity contribution in [1.29, 1.82) is 0 Å². The van der Waals surface area contributed by atoms with E-state index in [0.29, 0.717) is 24.7 Å². The highest BCUT2D eigenvalue weighted by Gasteiger charge is 2.07. The first-order valence-electron chi connectivity index (χ1n) is 7.69. The average Bonchev–Trinajstić information content (AvgIpc) is 2.55. The molecule has 0 spiro atoms. The molecular weight excluding hydrogens is 328 g/mol. The Balaban J connectivity index is 1.66. The maximum Gasteiger partial charge on any atom is 0.221 e. The quantitative estimate of drug-likeness (QED) is 0.606. The van der Waals surface area contributed by atoms with Crippen LogP contribution in [-0.2, 0) is 11.2 Å². The van der Waals surface area contributed by atoms with Crippen LogP contribution in [0.4, 0.5) is 0 Å². The van der Waals surface area contributed by atoms with Gasteiger partial charge in [-0.1, -0.05) is 35.9 Å². The van der Waals surface area contributed by atoms with E-state index in [1.54, 1.807) is 24.3 Å². The Labute approximate surface area is 146 Å². The number of ether oxygens (including phenoxy) is 1. The van der Waals surface area contributed by atoms with E-state index in [9.17, 15) is 9.90 Å². The van der Waals surface area contributed by atoms with E-state index in [4.69, 9.17) is 22.1 Å². The molecule has 1 atom stereocenters. The van der Waals surface area contributed by atoms with Crippen LogP contribution in [0, 0.1) is 0 Å². The molecule has 0 saturated heterocycles. The van der Waals surface area contributed by atoms with Gasteiger partial charge in [0, 0.05) is 18.1 Å². The topological polar surface area (TPSA) is 84.6 Å². The number of aliphatic hydroxyl groups is 1. The largest absolute Gasteiger partial charge is 0.492 e. The Morgan fingerprint density at radius 1 is 1.25 bits per heavy atom. The molecule has 1 unspecified atom stereocenters. The van der Waals surface area contributed by atoms with E-state index < -0.39 is 6.10 Å². The number of carbonyl (C=O) groups is 1. The zero-order valence-corrected chi connectivity index (χ0v) is 14.0. The van der Waals surface area contributed by atoms with Crippen molar-refractivity contribution in [3.8, 4) is 5.75 Å². The van der Waals surface area contributed by atoms with Crippen LogP contribution in [0.25, 0.3) is 0 Å². The lowest BCUT2D eigenvalue weighted by Crippen LogP contribution is -2.26. The first-order valence-corrected chi connectivity index (χ1v) is 8.06. The minimum atomic E-state index is -0.614. The number of nitrogens with one attached hydrogen (secondary N) is 1. The van der Waals surface area contributed by atoms with Crippen LogP contribution in [0.1, 0.15) is 17.2 Å². The minimum absolute atomic E-state index is 0.225. The third kappa shape index (κ3) is 6.20.